The van der Waals surface area contributed by atoms with Crippen LogP contribution in [0.5, 0.6) is 5.75 Å². The Kier molecular flexibility index (Phi) is 5.04. The summed E-state index contributed by atoms with van der Waals surface area (Å²) in [5, 5.41) is 0. The average Bonchev–Trinajstić information content (AvgIpc) is 2.68. The third-order valence-electron chi connectivity index (χ3n) is 3.69. The predicted octanol–water partition coefficient (Wildman–Crippen LogP) is 4.00. The van der Waals surface area contributed by atoms with E-state index in [1.54, 1.807) is 20.2 Å². The molecule has 126 valence electrons. The van der Waals surface area contributed by atoms with Gasteiger partial charge in [-0.2, -0.15) is 0 Å². The Balaban J connectivity index is 2.16. The average molecular weight is 334 g/mol. The maximum absolute atomic E-state index is 12.5. The zero-order valence-corrected chi connectivity index (χ0v) is 14.1. The second-order valence-corrected chi connectivity index (χ2v) is 5.24. The third-order valence-corrected chi connectivity index (χ3v) is 3.69. The highest BCUT2D eigenvalue weighted by Crippen LogP contribution is 2.32. The zero-order chi connectivity index (χ0) is 17.6. The maximum Gasteiger partial charge on any atom is 0.357 e. The van der Waals surface area contributed by atoms with Gasteiger partial charge in [-0.25, -0.2) is 14.8 Å². The molecule has 0 radical (unpaired) electrons. The summed E-state index contributed by atoms with van der Waals surface area (Å²) in [5.74, 6) is 0.634. The lowest BCUT2D eigenvalue weighted by Crippen LogP contribution is -2.11. The summed E-state index contributed by atoms with van der Waals surface area (Å²) in [6.07, 6.45) is 1.64. The lowest BCUT2D eigenvalue weighted by molar-refractivity contribution is 0.0520. The lowest BCUT2D eigenvalue weighted by Gasteiger charge is -2.12. The van der Waals surface area contributed by atoms with Crippen molar-refractivity contribution in [2.45, 2.75) is 6.92 Å². The monoisotopic (exact) mass is 334 g/mol. The first-order valence-corrected chi connectivity index (χ1v) is 7.97. The largest absolute Gasteiger partial charge is 0.496 e. The first-order chi connectivity index (χ1) is 12.2. The molecule has 5 nitrogen and oxygen atoms in total. The Morgan fingerprint density at radius 3 is 2.44 bits per heavy atom. The van der Waals surface area contributed by atoms with Crippen LogP contribution in [-0.2, 0) is 4.74 Å². The van der Waals surface area contributed by atoms with E-state index in [9.17, 15) is 4.79 Å². The smallest absolute Gasteiger partial charge is 0.357 e. The van der Waals surface area contributed by atoms with E-state index in [2.05, 4.69) is 9.97 Å². The Morgan fingerprint density at radius 2 is 1.72 bits per heavy atom. The van der Waals surface area contributed by atoms with Crippen LogP contribution in [0, 0.1) is 0 Å². The molecule has 5 heteroatoms. The van der Waals surface area contributed by atoms with Crippen LogP contribution in [-0.4, -0.2) is 29.7 Å². The van der Waals surface area contributed by atoms with Crippen molar-refractivity contribution in [3.05, 3.63) is 66.5 Å². The molecule has 0 unspecified atom stereocenters. The summed E-state index contributed by atoms with van der Waals surface area (Å²) in [4.78, 5) is 21.4. The standard InChI is InChI=1S/C20H18N2O3/c1-3-25-20(23)18-16(15-11-7-8-12-17(15)24-2)13-21-19(22-18)14-9-5-4-6-10-14/h4-13H,3H2,1-2H3. The van der Waals surface area contributed by atoms with E-state index in [4.69, 9.17) is 9.47 Å². The van der Waals surface area contributed by atoms with Crippen LogP contribution in [0.3, 0.4) is 0 Å². The van der Waals surface area contributed by atoms with Crippen LogP contribution in [0.4, 0.5) is 0 Å². The number of hydrogen-bond acceptors (Lipinski definition) is 5. The fourth-order valence-electron chi connectivity index (χ4n) is 2.53. The summed E-state index contributed by atoms with van der Waals surface area (Å²) < 4.78 is 10.6. The van der Waals surface area contributed by atoms with Crippen molar-refractivity contribution >= 4 is 5.97 Å². The summed E-state index contributed by atoms with van der Waals surface area (Å²) in [6.45, 7) is 2.04. The molecule has 1 heterocycles. The van der Waals surface area contributed by atoms with Crippen LogP contribution >= 0.6 is 0 Å². The summed E-state index contributed by atoms with van der Waals surface area (Å²) >= 11 is 0. The zero-order valence-electron chi connectivity index (χ0n) is 14.1. The van der Waals surface area contributed by atoms with Gasteiger partial charge in [-0.3, -0.25) is 0 Å². The number of carbonyl (C=O) groups excluding carboxylic acids is 1. The number of ether oxygens (including phenoxy) is 2. The van der Waals surface area contributed by atoms with E-state index in [0.717, 1.165) is 11.1 Å². The second kappa shape index (κ2) is 7.57. The van der Waals surface area contributed by atoms with Crippen LogP contribution in [0.1, 0.15) is 17.4 Å². The molecule has 0 N–H and O–H groups in total. The van der Waals surface area contributed by atoms with Gasteiger partial charge in [0.05, 0.1) is 13.7 Å². The van der Waals surface area contributed by atoms with Gasteiger partial charge in [-0.1, -0.05) is 48.5 Å². The van der Waals surface area contributed by atoms with Crippen molar-refractivity contribution in [2.75, 3.05) is 13.7 Å². The number of esters is 1. The van der Waals surface area contributed by atoms with Crippen molar-refractivity contribution in [2.24, 2.45) is 0 Å². The van der Waals surface area contributed by atoms with Crippen molar-refractivity contribution in [1.82, 2.24) is 9.97 Å². The molecule has 0 saturated heterocycles. The molecule has 0 amide bonds. The highest BCUT2D eigenvalue weighted by molar-refractivity contribution is 5.96. The number of benzene rings is 2. The molecule has 0 saturated carbocycles. The van der Waals surface area contributed by atoms with Crippen molar-refractivity contribution in [3.8, 4) is 28.3 Å². The predicted molar refractivity (Wildman–Crippen MR) is 95.4 cm³/mol. The molecular weight excluding hydrogens is 316 g/mol. The van der Waals surface area contributed by atoms with Crippen LogP contribution in [0.2, 0.25) is 0 Å². The molecule has 0 spiro atoms. The number of aromatic nitrogens is 2. The quantitative estimate of drug-likeness (QED) is 0.660. The highest BCUT2D eigenvalue weighted by Gasteiger charge is 2.20. The molecule has 3 rings (SSSR count). The van der Waals surface area contributed by atoms with Gasteiger partial charge in [0.15, 0.2) is 11.5 Å². The Labute approximate surface area is 146 Å². The van der Waals surface area contributed by atoms with Gasteiger partial charge in [0.1, 0.15) is 5.75 Å². The fourth-order valence-corrected chi connectivity index (χ4v) is 2.53. The van der Waals surface area contributed by atoms with E-state index < -0.39 is 5.97 Å². The Hall–Kier alpha value is -3.21. The number of para-hydroxylation sites is 1. The maximum atomic E-state index is 12.5. The molecule has 2 aromatic carbocycles. The van der Waals surface area contributed by atoms with Crippen LogP contribution < -0.4 is 4.74 Å². The minimum absolute atomic E-state index is 0.222. The number of nitrogens with zero attached hydrogens (tertiary/aromatic N) is 2. The third kappa shape index (κ3) is 3.50. The molecule has 0 aliphatic carbocycles. The topological polar surface area (TPSA) is 61.3 Å². The van der Waals surface area contributed by atoms with E-state index in [1.165, 1.54) is 0 Å². The molecular formula is C20H18N2O3. The molecule has 0 aliphatic rings. The molecule has 0 aliphatic heterocycles. The number of hydrogen-bond donors (Lipinski definition) is 0. The molecule has 3 aromatic rings. The van der Waals surface area contributed by atoms with Crippen molar-refractivity contribution in [3.63, 3.8) is 0 Å². The number of rotatable bonds is 5. The summed E-state index contributed by atoms with van der Waals surface area (Å²) in [7, 11) is 1.59. The van der Waals surface area contributed by atoms with Gasteiger partial charge < -0.3 is 9.47 Å². The first-order valence-electron chi connectivity index (χ1n) is 7.97. The fraction of sp³-hybridized carbons (Fsp3) is 0.150. The molecule has 25 heavy (non-hydrogen) atoms. The first kappa shape index (κ1) is 16.6. The second-order valence-electron chi connectivity index (χ2n) is 5.24. The summed E-state index contributed by atoms with van der Waals surface area (Å²) in [5.41, 5.74) is 2.38. The Morgan fingerprint density at radius 1 is 1.00 bits per heavy atom. The molecule has 0 fully saturated rings. The van der Waals surface area contributed by atoms with E-state index >= 15 is 0 Å². The van der Waals surface area contributed by atoms with E-state index in [0.29, 0.717) is 17.1 Å². The minimum Gasteiger partial charge on any atom is -0.496 e. The SMILES string of the molecule is CCOC(=O)c1nc(-c2ccccc2)ncc1-c1ccccc1OC. The van der Waals surface area contributed by atoms with Crippen molar-refractivity contribution in [1.29, 1.82) is 0 Å². The van der Waals surface area contributed by atoms with Crippen LogP contribution in [0.25, 0.3) is 22.5 Å². The normalized spacial score (nSPS) is 10.3. The van der Waals surface area contributed by atoms with E-state index in [1.807, 2.05) is 54.6 Å². The molecule has 1 aromatic heterocycles. The number of carbonyl (C=O) groups is 1. The van der Waals surface area contributed by atoms with Gasteiger partial charge in [0, 0.05) is 22.9 Å². The minimum atomic E-state index is -0.483. The highest BCUT2D eigenvalue weighted by atomic mass is 16.5. The van der Waals surface area contributed by atoms with Gasteiger partial charge in [0.2, 0.25) is 0 Å². The Bertz CT molecular complexity index is 879. The van der Waals surface area contributed by atoms with Gasteiger partial charge in [-0.15, -0.1) is 0 Å². The number of methoxy groups -OCH3 is 1. The molecule has 0 atom stereocenters. The van der Waals surface area contributed by atoms with E-state index in [-0.39, 0.29) is 12.3 Å². The van der Waals surface area contributed by atoms with Gasteiger partial charge >= 0.3 is 5.97 Å². The summed E-state index contributed by atoms with van der Waals surface area (Å²) in [6, 6.07) is 16.9. The lowest BCUT2D eigenvalue weighted by atomic mass is 10.0. The van der Waals surface area contributed by atoms with Gasteiger partial charge in [0.25, 0.3) is 0 Å². The van der Waals surface area contributed by atoms with Crippen LogP contribution in [0.15, 0.2) is 60.8 Å². The molecule has 0 bridgehead atoms. The van der Waals surface area contributed by atoms with Gasteiger partial charge in [-0.05, 0) is 13.0 Å². The van der Waals surface area contributed by atoms with Crippen molar-refractivity contribution < 1.29 is 14.3 Å².